The molecule has 0 amide bonds. The van der Waals surface area contributed by atoms with Crippen LogP contribution in [0.5, 0.6) is 0 Å². The summed E-state index contributed by atoms with van der Waals surface area (Å²) in [4.78, 5) is 24.7. The highest BCUT2D eigenvalue weighted by Crippen LogP contribution is 2.34. The van der Waals surface area contributed by atoms with E-state index in [1.54, 1.807) is 12.4 Å². The predicted octanol–water partition coefficient (Wildman–Crippen LogP) is 8.19. The monoisotopic (exact) mass is 565 g/mol. The van der Waals surface area contributed by atoms with E-state index >= 15 is 0 Å². The van der Waals surface area contributed by atoms with Crippen molar-refractivity contribution in [2.24, 2.45) is 0 Å². The first kappa shape index (κ1) is 24.4. The zero-order valence-corrected chi connectivity index (χ0v) is 23.4. The Morgan fingerprint density at radius 3 is 1.16 bits per heavy atom. The Bertz CT molecular complexity index is 2250. The van der Waals surface area contributed by atoms with Gasteiger partial charge >= 0.3 is 0 Å². The fourth-order valence-electron chi connectivity index (χ4n) is 6.14. The number of rotatable bonds is 4. The van der Waals surface area contributed by atoms with Gasteiger partial charge in [0.1, 0.15) is 0 Å². The van der Waals surface area contributed by atoms with E-state index in [0.29, 0.717) is 29.1 Å². The lowest BCUT2D eigenvalue weighted by Crippen LogP contribution is -2.10. The molecule has 0 aliphatic rings. The minimum absolute atomic E-state index is 0.494. The smallest absolute Gasteiger partial charge is 0.240 e. The Balaban J connectivity index is 1.34. The van der Waals surface area contributed by atoms with Gasteiger partial charge in [0.15, 0.2) is 11.6 Å². The summed E-state index contributed by atoms with van der Waals surface area (Å²) in [7, 11) is 0. The van der Waals surface area contributed by atoms with E-state index in [1.807, 2.05) is 54.6 Å². The van der Waals surface area contributed by atoms with Gasteiger partial charge in [-0.3, -0.25) is 9.13 Å². The second-order valence-electron chi connectivity index (χ2n) is 10.7. The molecule has 4 aromatic heterocycles. The number of aromatic nitrogens is 7. The molecule has 0 saturated heterocycles. The lowest BCUT2D eigenvalue weighted by atomic mass is 10.2. The molecule has 0 N–H and O–H groups in total. The highest BCUT2D eigenvalue weighted by Gasteiger charge is 2.20. The van der Waals surface area contributed by atoms with Crippen molar-refractivity contribution in [3.63, 3.8) is 0 Å². The van der Waals surface area contributed by atoms with Crippen molar-refractivity contribution in [2.45, 2.75) is 0 Å². The van der Waals surface area contributed by atoms with Crippen molar-refractivity contribution < 1.29 is 0 Å². The predicted molar refractivity (Wildman–Crippen MR) is 175 cm³/mol. The standard InChI is InChI=1S/C37H23N7/c1-2-12-24(13-3-1)34-38-22-25(23-39-34)35-40-36(43-30-18-8-4-14-26(30)27-15-5-9-19-31(27)43)42-37(41-35)44-32-20-10-6-16-28(32)29-17-7-11-21-33(29)44/h1-23H. The van der Waals surface area contributed by atoms with Crippen molar-refractivity contribution in [3.05, 3.63) is 140 Å². The van der Waals surface area contributed by atoms with E-state index in [0.717, 1.165) is 49.2 Å². The summed E-state index contributed by atoms with van der Waals surface area (Å²) < 4.78 is 4.23. The minimum atomic E-state index is 0.494. The van der Waals surface area contributed by atoms with E-state index in [4.69, 9.17) is 15.0 Å². The van der Waals surface area contributed by atoms with Crippen LogP contribution in [-0.4, -0.2) is 34.1 Å². The van der Waals surface area contributed by atoms with Crippen molar-refractivity contribution >= 4 is 43.6 Å². The van der Waals surface area contributed by atoms with E-state index in [9.17, 15) is 0 Å². The summed E-state index contributed by atoms with van der Waals surface area (Å²) >= 11 is 0. The van der Waals surface area contributed by atoms with E-state index in [2.05, 4.69) is 91.9 Å². The van der Waals surface area contributed by atoms with Gasteiger partial charge in [0, 0.05) is 39.5 Å². The van der Waals surface area contributed by atoms with Crippen molar-refractivity contribution in [1.82, 2.24) is 34.1 Å². The maximum Gasteiger partial charge on any atom is 0.240 e. The Kier molecular flexibility index (Phi) is 5.36. The van der Waals surface area contributed by atoms with Gasteiger partial charge in [-0.1, -0.05) is 103 Å². The molecule has 0 bridgehead atoms. The number of hydrogen-bond acceptors (Lipinski definition) is 5. The van der Waals surface area contributed by atoms with Gasteiger partial charge in [0.05, 0.1) is 27.6 Å². The van der Waals surface area contributed by atoms with Crippen LogP contribution in [0.2, 0.25) is 0 Å². The molecule has 5 aromatic carbocycles. The van der Waals surface area contributed by atoms with Gasteiger partial charge in [-0.15, -0.1) is 0 Å². The molecular weight excluding hydrogens is 542 g/mol. The number of para-hydroxylation sites is 4. The van der Waals surface area contributed by atoms with Gasteiger partial charge in [-0.2, -0.15) is 15.0 Å². The summed E-state index contributed by atoms with van der Waals surface area (Å²) in [6.45, 7) is 0. The third kappa shape index (κ3) is 3.73. The molecule has 9 rings (SSSR count). The lowest BCUT2D eigenvalue weighted by molar-refractivity contribution is 0.891. The van der Waals surface area contributed by atoms with Gasteiger partial charge in [0.25, 0.3) is 0 Å². The maximum absolute atomic E-state index is 5.17. The molecule has 0 aliphatic carbocycles. The molecule has 0 spiro atoms. The SMILES string of the molecule is c1ccc(-c2ncc(-c3nc(-n4c5ccccc5c5ccccc54)nc(-n4c5ccccc5c5ccccc54)n3)cn2)cc1. The molecule has 44 heavy (non-hydrogen) atoms. The largest absolute Gasteiger partial charge is 0.278 e. The summed E-state index contributed by atoms with van der Waals surface area (Å²) in [5, 5.41) is 4.55. The molecular formula is C37H23N7. The molecule has 0 saturated carbocycles. The van der Waals surface area contributed by atoms with E-state index in [1.165, 1.54) is 0 Å². The van der Waals surface area contributed by atoms with Crippen LogP contribution in [0, 0.1) is 0 Å². The zero-order valence-electron chi connectivity index (χ0n) is 23.4. The molecule has 9 aromatic rings. The van der Waals surface area contributed by atoms with Crippen LogP contribution in [0.1, 0.15) is 0 Å². The average Bonchev–Trinajstić information content (AvgIpc) is 3.62. The quantitative estimate of drug-likeness (QED) is 0.215. The molecule has 0 unspecified atom stereocenters. The van der Waals surface area contributed by atoms with E-state index < -0.39 is 0 Å². The second-order valence-corrected chi connectivity index (χ2v) is 10.7. The first-order chi connectivity index (χ1) is 21.8. The summed E-state index contributed by atoms with van der Waals surface area (Å²) in [6, 6.07) is 43.4. The lowest BCUT2D eigenvalue weighted by Gasteiger charge is -2.12. The van der Waals surface area contributed by atoms with Gasteiger partial charge < -0.3 is 0 Å². The van der Waals surface area contributed by atoms with Crippen LogP contribution >= 0.6 is 0 Å². The molecule has 0 fully saturated rings. The average molecular weight is 566 g/mol. The molecule has 4 heterocycles. The fourth-order valence-corrected chi connectivity index (χ4v) is 6.14. The molecule has 7 heteroatoms. The van der Waals surface area contributed by atoms with Crippen LogP contribution in [0.15, 0.2) is 140 Å². The molecule has 0 radical (unpaired) electrons. The van der Waals surface area contributed by atoms with Gasteiger partial charge in [0.2, 0.25) is 11.9 Å². The first-order valence-corrected chi connectivity index (χ1v) is 14.4. The molecule has 0 aliphatic heterocycles. The highest BCUT2D eigenvalue weighted by molar-refractivity contribution is 6.10. The number of nitrogens with zero attached hydrogens (tertiary/aromatic N) is 7. The number of hydrogen-bond donors (Lipinski definition) is 0. The van der Waals surface area contributed by atoms with Gasteiger partial charge in [-0.25, -0.2) is 9.97 Å². The van der Waals surface area contributed by atoms with Crippen LogP contribution in [0.3, 0.4) is 0 Å². The van der Waals surface area contributed by atoms with Crippen molar-refractivity contribution in [1.29, 1.82) is 0 Å². The third-order valence-electron chi connectivity index (χ3n) is 8.11. The molecule has 206 valence electrons. The minimum Gasteiger partial charge on any atom is -0.278 e. The Morgan fingerprint density at radius 2 is 0.727 bits per heavy atom. The Morgan fingerprint density at radius 1 is 0.341 bits per heavy atom. The highest BCUT2D eigenvalue weighted by atomic mass is 15.3. The summed E-state index contributed by atoms with van der Waals surface area (Å²) in [5.74, 6) is 2.19. The molecule has 0 atom stereocenters. The maximum atomic E-state index is 5.17. The van der Waals surface area contributed by atoms with Gasteiger partial charge in [-0.05, 0) is 24.3 Å². The fraction of sp³-hybridized carbons (Fsp3) is 0. The van der Waals surface area contributed by atoms with Crippen LogP contribution in [0.4, 0.5) is 0 Å². The summed E-state index contributed by atoms with van der Waals surface area (Å²) in [5.41, 5.74) is 5.75. The third-order valence-corrected chi connectivity index (χ3v) is 8.11. The first-order valence-electron chi connectivity index (χ1n) is 14.4. The Labute approximate surface area is 251 Å². The van der Waals surface area contributed by atoms with Crippen molar-refractivity contribution in [2.75, 3.05) is 0 Å². The zero-order chi connectivity index (χ0) is 29.0. The Hall–Kier alpha value is -6.21. The number of fused-ring (bicyclic) bond motifs is 6. The van der Waals surface area contributed by atoms with Crippen LogP contribution < -0.4 is 0 Å². The topological polar surface area (TPSA) is 74.3 Å². The number of benzene rings is 5. The van der Waals surface area contributed by atoms with E-state index in [-0.39, 0.29) is 0 Å². The van der Waals surface area contributed by atoms with Crippen LogP contribution in [0.25, 0.3) is 78.3 Å². The summed E-state index contributed by atoms with van der Waals surface area (Å²) in [6.07, 6.45) is 3.58. The normalized spacial score (nSPS) is 11.6. The van der Waals surface area contributed by atoms with Crippen LogP contribution in [-0.2, 0) is 0 Å². The second kappa shape index (κ2) is 9.68. The van der Waals surface area contributed by atoms with Crippen molar-refractivity contribution in [3.8, 4) is 34.7 Å². The molecule has 7 nitrogen and oxygen atoms in total.